The zero-order valence-electron chi connectivity index (χ0n) is 12.0. The van der Waals surface area contributed by atoms with Gasteiger partial charge in [-0.15, -0.1) is 10.2 Å². The summed E-state index contributed by atoms with van der Waals surface area (Å²) in [7, 11) is 0. The van der Waals surface area contributed by atoms with Gasteiger partial charge in [0.25, 0.3) is 0 Å². The van der Waals surface area contributed by atoms with Crippen molar-refractivity contribution in [2.45, 2.75) is 5.16 Å². The molecule has 3 aromatic rings. The molecule has 2 aromatic carbocycles. The van der Waals surface area contributed by atoms with E-state index in [4.69, 9.17) is 34.8 Å². The van der Waals surface area contributed by atoms with E-state index in [1.54, 1.807) is 6.07 Å². The number of fused-ring (bicyclic) bond motifs is 1. The standard InChI is InChI=1S/C16H9Cl3N4S/c17-11-4-1-9(2-5-11)15-20-21-16-23(15)22-14(8-24-16)10-3-6-12(18)13(19)7-10/h1-8,22H. The molecular formula is C16H9Cl3N4S. The first-order valence-corrected chi connectivity index (χ1v) is 8.94. The quantitative estimate of drug-likeness (QED) is 0.617. The van der Waals surface area contributed by atoms with Crippen molar-refractivity contribution in [3.05, 3.63) is 68.5 Å². The molecule has 0 bridgehead atoms. The lowest BCUT2D eigenvalue weighted by Gasteiger charge is -2.19. The molecule has 0 amide bonds. The molecule has 1 aliphatic rings. The number of thioether (sulfide) groups is 1. The fourth-order valence-corrected chi connectivity index (χ4v) is 3.45. The Balaban J connectivity index is 1.70. The van der Waals surface area contributed by atoms with E-state index in [1.165, 1.54) is 11.8 Å². The summed E-state index contributed by atoms with van der Waals surface area (Å²) in [4.78, 5) is 0. The summed E-state index contributed by atoms with van der Waals surface area (Å²) in [5.74, 6) is 0.708. The summed E-state index contributed by atoms with van der Waals surface area (Å²) in [6, 6.07) is 13.0. The first kappa shape index (κ1) is 15.8. The van der Waals surface area contributed by atoms with E-state index in [1.807, 2.05) is 46.5 Å². The number of nitrogens with one attached hydrogen (secondary N) is 1. The predicted molar refractivity (Wildman–Crippen MR) is 100 cm³/mol. The van der Waals surface area contributed by atoms with Crippen LogP contribution in [0.2, 0.25) is 15.1 Å². The molecule has 0 saturated heterocycles. The zero-order valence-corrected chi connectivity index (χ0v) is 15.1. The number of aromatic nitrogens is 3. The average molecular weight is 396 g/mol. The normalized spacial score (nSPS) is 13.2. The monoisotopic (exact) mass is 394 g/mol. The highest BCUT2D eigenvalue weighted by Crippen LogP contribution is 2.33. The van der Waals surface area contributed by atoms with Crippen LogP contribution in [0.25, 0.3) is 17.1 Å². The molecule has 1 N–H and O–H groups in total. The van der Waals surface area contributed by atoms with Crippen LogP contribution in [0.15, 0.2) is 53.0 Å². The fourth-order valence-electron chi connectivity index (χ4n) is 2.29. The Morgan fingerprint density at radius 2 is 1.62 bits per heavy atom. The van der Waals surface area contributed by atoms with Crippen LogP contribution in [0.3, 0.4) is 0 Å². The highest BCUT2D eigenvalue weighted by Gasteiger charge is 2.19. The van der Waals surface area contributed by atoms with Gasteiger partial charge in [0.05, 0.1) is 15.7 Å². The fraction of sp³-hybridized carbons (Fsp3) is 0. The van der Waals surface area contributed by atoms with E-state index in [2.05, 4.69) is 15.6 Å². The number of benzene rings is 2. The molecule has 0 radical (unpaired) electrons. The molecule has 1 aliphatic heterocycles. The molecular weight excluding hydrogens is 387 g/mol. The lowest BCUT2D eigenvalue weighted by molar-refractivity contribution is 0.826. The van der Waals surface area contributed by atoms with Gasteiger partial charge in [-0.05, 0) is 36.4 Å². The van der Waals surface area contributed by atoms with Crippen LogP contribution < -0.4 is 5.43 Å². The topological polar surface area (TPSA) is 42.7 Å². The van der Waals surface area contributed by atoms with Crippen LogP contribution in [-0.4, -0.2) is 14.9 Å². The Hall–Kier alpha value is -1.66. The van der Waals surface area contributed by atoms with Gasteiger partial charge >= 0.3 is 0 Å². The van der Waals surface area contributed by atoms with Crippen LogP contribution in [0, 0.1) is 0 Å². The summed E-state index contributed by atoms with van der Waals surface area (Å²) in [6.45, 7) is 0. The van der Waals surface area contributed by atoms with Gasteiger partial charge in [-0.25, -0.2) is 4.68 Å². The molecule has 0 aliphatic carbocycles. The Kier molecular flexibility index (Phi) is 4.18. The van der Waals surface area contributed by atoms with Gasteiger partial charge in [0.1, 0.15) is 0 Å². The third-order valence-corrected chi connectivity index (χ3v) is 5.30. The summed E-state index contributed by atoms with van der Waals surface area (Å²) in [5, 5.41) is 12.9. The van der Waals surface area contributed by atoms with Crippen LogP contribution in [-0.2, 0) is 0 Å². The Labute approximate surface area is 157 Å². The van der Waals surface area contributed by atoms with Gasteiger partial charge in [-0.1, -0.05) is 52.6 Å². The van der Waals surface area contributed by atoms with Crippen LogP contribution in [0.4, 0.5) is 0 Å². The number of hydrogen-bond donors (Lipinski definition) is 1. The summed E-state index contributed by atoms with van der Waals surface area (Å²) in [5.41, 5.74) is 6.06. The lowest BCUT2D eigenvalue weighted by atomic mass is 10.2. The van der Waals surface area contributed by atoms with Crippen molar-refractivity contribution < 1.29 is 0 Å². The second-order valence-corrected chi connectivity index (χ2v) is 7.13. The van der Waals surface area contributed by atoms with E-state index in [-0.39, 0.29) is 0 Å². The van der Waals surface area contributed by atoms with Crippen molar-refractivity contribution >= 4 is 52.3 Å². The Morgan fingerprint density at radius 3 is 2.38 bits per heavy atom. The Morgan fingerprint density at radius 1 is 0.875 bits per heavy atom. The first-order valence-electron chi connectivity index (χ1n) is 6.92. The van der Waals surface area contributed by atoms with Crippen molar-refractivity contribution in [2.75, 3.05) is 5.43 Å². The van der Waals surface area contributed by atoms with Gasteiger partial charge in [0.2, 0.25) is 5.16 Å². The van der Waals surface area contributed by atoms with Crippen LogP contribution in [0.5, 0.6) is 0 Å². The maximum atomic E-state index is 6.12. The van der Waals surface area contributed by atoms with Crippen LogP contribution in [0.1, 0.15) is 5.56 Å². The smallest absolute Gasteiger partial charge is 0.214 e. The minimum atomic E-state index is 0.509. The lowest BCUT2D eigenvalue weighted by Crippen LogP contribution is -2.18. The van der Waals surface area contributed by atoms with Crippen molar-refractivity contribution in [1.29, 1.82) is 0 Å². The van der Waals surface area contributed by atoms with Gasteiger partial charge in [-0.3, -0.25) is 5.43 Å². The Bertz CT molecular complexity index is 950. The second-order valence-electron chi connectivity index (χ2n) is 5.04. The SMILES string of the molecule is Clc1ccc(-c2nnc3n2NC(c2ccc(Cl)c(Cl)c2)=CS3)cc1. The summed E-state index contributed by atoms with van der Waals surface area (Å²) < 4.78 is 1.84. The van der Waals surface area contributed by atoms with E-state index in [0.717, 1.165) is 22.0 Å². The number of halogens is 3. The van der Waals surface area contributed by atoms with Crippen LogP contribution >= 0.6 is 46.6 Å². The molecule has 0 saturated carbocycles. The zero-order chi connectivity index (χ0) is 16.7. The molecule has 2 heterocycles. The molecule has 0 fully saturated rings. The van der Waals surface area contributed by atoms with E-state index < -0.39 is 0 Å². The predicted octanol–water partition coefficient (Wildman–Crippen LogP) is 5.55. The summed E-state index contributed by atoms with van der Waals surface area (Å²) in [6.07, 6.45) is 0. The van der Waals surface area contributed by atoms with Crippen molar-refractivity contribution in [2.24, 2.45) is 0 Å². The number of hydrogen-bond acceptors (Lipinski definition) is 4. The molecule has 120 valence electrons. The maximum Gasteiger partial charge on any atom is 0.214 e. The summed E-state index contributed by atoms with van der Waals surface area (Å²) >= 11 is 19.5. The third-order valence-electron chi connectivity index (χ3n) is 3.48. The van der Waals surface area contributed by atoms with Gasteiger partial charge in [0.15, 0.2) is 5.82 Å². The van der Waals surface area contributed by atoms with Crippen molar-refractivity contribution in [3.63, 3.8) is 0 Å². The van der Waals surface area contributed by atoms with Gasteiger partial charge in [-0.2, -0.15) is 0 Å². The third kappa shape index (κ3) is 2.89. The minimum Gasteiger partial charge on any atom is -0.289 e. The molecule has 0 atom stereocenters. The van der Waals surface area contributed by atoms with E-state index in [0.29, 0.717) is 20.9 Å². The van der Waals surface area contributed by atoms with Crippen molar-refractivity contribution in [3.8, 4) is 11.4 Å². The molecule has 4 nitrogen and oxygen atoms in total. The number of nitrogens with zero attached hydrogens (tertiary/aromatic N) is 3. The van der Waals surface area contributed by atoms with E-state index >= 15 is 0 Å². The van der Waals surface area contributed by atoms with Gasteiger partial charge < -0.3 is 0 Å². The molecule has 0 unspecified atom stereocenters. The molecule has 0 spiro atoms. The van der Waals surface area contributed by atoms with Gasteiger partial charge in [0, 0.05) is 21.6 Å². The van der Waals surface area contributed by atoms with E-state index in [9.17, 15) is 0 Å². The maximum absolute atomic E-state index is 6.12. The first-order chi connectivity index (χ1) is 11.6. The molecule has 4 rings (SSSR count). The minimum absolute atomic E-state index is 0.509. The van der Waals surface area contributed by atoms with Crippen molar-refractivity contribution in [1.82, 2.24) is 14.9 Å². The molecule has 24 heavy (non-hydrogen) atoms. The number of rotatable bonds is 2. The molecule has 1 aromatic heterocycles. The average Bonchev–Trinajstić information content (AvgIpc) is 3.01. The highest BCUT2D eigenvalue weighted by atomic mass is 35.5. The molecule has 8 heteroatoms. The highest BCUT2D eigenvalue weighted by molar-refractivity contribution is 8.02. The second kappa shape index (κ2) is 6.33. The largest absolute Gasteiger partial charge is 0.289 e.